The van der Waals surface area contributed by atoms with E-state index in [9.17, 15) is 19.5 Å². The number of aromatic nitrogens is 1. The molecule has 9 heteroatoms. The second-order valence-electron chi connectivity index (χ2n) is 8.42. The number of benzene rings is 2. The molecule has 178 valence electrons. The second kappa shape index (κ2) is 9.81. The van der Waals surface area contributed by atoms with Gasteiger partial charge < -0.3 is 14.6 Å². The van der Waals surface area contributed by atoms with Crippen LogP contribution in [0, 0.1) is 0 Å². The molecule has 0 atom stereocenters. The topological polar surface area (TPSA) is 90.1 Å². The zero-order valence-corrected chi connectivity index (χ0v) is 19.7. The summed E-state index contributed by atoms with van der Waals surface area (Å²) in [6, 6.07) is 20.1. The highest BCUT2D eigenvalue weighted by molar-refractivity contribution is 8.18. The first-order valence-corrected chi connectivity index (χ1v) is 12.2. The Hall–Kier alpha value is -3.82. The van der Waals surface area contributed by atoms with E-state index in [1.54, 1.807) is 23.1 Å². The van der Waals surface area contributed by atoms with Crippen LogP contribution in [-0.2, 0) is 9.59 Å². The van der Waals surface area contributed by atoms with E-state index < -0.39 is 11.1 Å². The largest absolute Gasteiger partial charge is 0.872 e. The van der Waals surface area contributed by atoms with Crippen LogP contribution < -0.4 is 10.0 Å². The summed E-state index contributed by atoms with van der Waals surface area (Å²) in [6.07, 6.45) is 3.46. The Morgan fingerprint density at radius 2 is 1.69 bits per heavy atom. The number of hydrogen-bond acceptors (Lipinski definition) is 5. The quantitative estimate of drug-likeness (QED) is 0.552. The molecule has 2 saturated heterocycles. The molecule has 2 aliphatic rings. The summed E-state index contributed by atoms with van der Waals surface area (Å²) in [5.74, 6) is -0.776. The number of carbonyl (C=O) groups is 3. The van der Waals surface area contributed by atoms with Crippen molar-refractivity contribution >= 4 is 40.6 Å². The van der Waals surface area contributed by atoms with Gasteiger partial charge in [-0.1, -0.05) is 30.3 Å². The fourth-order valence-electron chi connectivity index (χ4n) is 4.35. The van der Waals surface area contributed by atoms with Crippen molar-refractivity contribution in [1.29, 1.82) is 0 Å². The average Bonchev–Trinajstić information content (AvgIpc) is 3.45. The Morgan fingerprint density at radius 3 is 2.40 bits per heavy atom. The summed E-state index contributed by atoms with van der Waals surface area (Å²) in [5.41, 5.74) is 2.66. The lowest BCUT2D eigenvalue weighted by atomic mass is 10.2. The van der Waals surface area contributed by atoms with E-state index in [-0.39, 0.29) is 23.1 Å². The van der Waals surface area contributed by atoms with Gasteiger partial charge in [-0.25, -0.2) is 0 Å². The van der Waals surface area contributed by atoms with E-state index in [1.807, 2.05) is 41.1 Å². The van der Waals surface area contributed by atoms with Gasteiger partial charge in [-0.15, -0.1) is 5.75 Å². The van der Waals surface area contributed by atoms with Gasteiger partial charge in [-0.2, -0.15) is 0 Å². The van der Waals surface area contributed by atoms with Gasteiger partial charge in [0.05, 0.1) is 31.1 Å². The number of hydrogen-bond donors (Lipinski definition) is 1. The van der Waals surface area contributed by atoms with Crippen molar-refractivity contribution in [3.05, 3.63) is 83.5 Å². The smallest absolute Gasteiger partial charge is 0.294 e. The third kappa shape index (κ3) is 4.87. The van der Waals surface area contributed by atoms with Crippen LogP contribution in [0.3, 0.4) is 0 Å². The van der Waals surface area contributed by atoms with Gasteiger partial charge in [0.15, 0.2) is 0 Å². The molecule has 2 aromatic carbocycles. The van der Waals surface area contributed by atoms with Gasteiger partial charge in [0.1, 0.15) is 12.2 Å². The van der Waals surface area contributed by atoms with E-state index in [0.29, 0.717) is 18.8 Å². The highest BCUT2D eigenvalue weighted by atomic mass is 32.2. The summed E-state index contributed by atoms with van der Waals surface area (Å²) in [7, 11) is 0. The second-order valence-corrected chi connectivity index (χ2v) is 9.41. The molecule has 0 radical (unpaired) electrons. The van der Waals surface area contributed by atoms with Gasteiger partial charge in [-0.05, 0) is 54.2 Å². The van der Waals surface area contributed by atoms with Gasteiger partial charge >= 0.3 is 0 Å². The lowest BCUT2D eigenvalue weighted by molar-refractivity contribution is -0.837. The van der Waals surface area contributed by atoms with Gasteiger partial charge in [0.2, 0.25) is 5.91 Å². The minimum Gasteiger partial charge on any atom is -0.872 e. The third-order valence-corrected chi connectivity index (χ3v) is 7.15. The molecule has 0 bridgehead atoms. The molecule has 35 heavy (non-hydrogen) atoms. The van der Waals surface area contributed by atoms with Crippen LogP contribution >= 0.6 is 11.8 Å². The van der Waals surface area contributed by atoms with Crippen molar-refractivity contribution in [2.75, 3.05) is 32.7 Å². The Kier molecular flexibility index (Phi) is 6.43. The van der Waals surface area contributed by atoms with Crippen LogP contribution in [0.15, 0.2) is 77.8 Å². The van der Waals surface area contributed by atoms with Crippen LogP contribution in [0.5, 0.6) is 5.75 Å². The van der Waals surface area contributed by atoms with E-state index in [0.717, 1.165) is 35.4 Å². The van der Waals surface area contributed by atoms with Crippen LogP contribution in [-0.4, -0.2) is 64.1 Å². The average molecular weight is 489 g/mol. The van der Waals surface area contributed by atoms with E-state index >= 15 is 0 Å². The number of para-hydroxylation sites is 1. The van der Waals surface area contributed by atoms with Gasteiger partial charge in [-0.3, -0.25) is 24.2 Å². The first-order chi connectivity index (χ1) is 17.0. The maximum Gasteiger partial charge on any atom is 0.294 e. The maximum absolute atomic E-state index is 13.0. The molecule has 3 aromatic rings. The number of nitrogens with one attached hydrogen (secondary N) is 1. The third-order valence-electron chi connectivity index (χ3n) is 6.24. The molecule has 3 amide bonds. The fraction of sp³-hybridized carbons (Fsp3) is 0.192. The molecule has 0 spiro atoms. The highest BCUT2D eigenvalue weighted by Gasteiger charge is 2.38. The van der Waals surface area contributed by atoms with Gasteiger partial charge in [0, 0.05) is 17.6 Å². The molecule has 2 fully saturated rings. The summed E-state index contributed by atoms with van der Waals surface area (Å²) in [6.45, 7) is 2.45. The molecule has 0 aliphatic carbocycles. The van der Waals surface area contributed by atoms with Crippen molar-refractivity contribution in [1.82, 2.24) is 14.4 Å². The highest BCUT2D eigenvalue weighted by Crippen LogP contribution is 2.32. The van der Waals surface area contributed by atoms with E-state index in [4.69, 9.17) is 0 Å². The number of amides is 3. The van der Waals surface area contributed by atoms with Crippen LogP contribution in [0.2, 0.25) is 0 Å². The number of thioether (sulfide) groups is 1. The molecule has 8 nitrogen and oxygen atoms in total. The monoisotopic (exact) mass is 488 g/mol. The number of piperazine rings is 1. The van der Waals surface area contributed by atoms with Crippen molar-refractivity contribution in [2.24, 2.45) is 0 Å². The predicted molar refractivity (Wildman–Crippen MR) is 131 cm³/mol. The lowest BCUT2D eigenvalue weighted by Crippen LogP contribution is -3.10. The van der Waals surface area contributed by atoms with Gasteiger partial charge in [0.25, 0.3) is 11.1 Å². The number of imide groups is 1. The fourth-order valence-corrected chi connectivity index (χ4v) is 5.17. The van der Waals surface area contributed by atoms with E-state index in [1.165, 1.54) is 22.7 Å². The molecule has 1 N–H and O–H groups in total. The Bertz CT molecular complexity index is 1280. The predicted octanol–water partition coefficient (Wildman–Crippen LogP) is 1.65. The first-order valence-electron chi connectivity index (χ1n) is 11.4. The van der Waals surface area contributed by atoms with Crippen molar-refractivity contribution < 1.29 is 24.4 Å². The van der Waals surface area contributed by atoms with Crippen LogP contribution in [0.4, 0.5) is 10.5 Å². The summed E-state index contributed by atoms with van der Waals surface area (Å²) < 4.78 is 1.83. The molecular formula is C26H24N4O4S. The summed E-state index contributed by atoms with van der Waals surface area (Å²) >= 11 is 0.833. The Morgan fingerprint density at radius 1 is 0.971 bits per heavy atom. The Labute approximate surface area is 207 Å². The van der Waals surface area contributed by atoms with Crippen molar-refractivity contribution in [3.63, 3.8) is 0 Å². The molecule has 3 heterocycles. The number of quaternary nitrogens is 1. The standard InChI is InChI=1S/C26H24N4O4S/c31-22-10-8-20(9-11-22)29-12-4-7-21(29)17-23-25(33)30(26(34)35-23)18-24(32)28-15-13-27(14-16-28)19-5-2-1-3-6-19/h1-12,17,31H,13-16,18H2/b23-17+. The zero-order chi connectivity index (χ0) is 24.4. The first kappa shape index (κ1) is 22.9. The minimum absolute atomic E-state index is 0.0869. The number of rotatable bonds is 5. The SMILES string of the molecule is O=C(CN1C(=O)S/C(=C/c2cccn2-c2ccc([O-])cc2)C1=O)N1CC[NH+](c2ccccc2)CC1. The van der Waals surface area contributed by atoms with Crippen LogP contribution in [0.25, 0.3) is 11.8 Å². The minimum atomic E-state index is -0.468. The van der Waals surface area contributed by atoms with Crippen molar-refractivity contribution in [3.8, 4) is 11.4 Å². The normalized spacial score (nSPS) is 18.0. The van der Waals surface area contributed by atoms with Crippen molar-refractivity contribution in [2.45, 2.75) is 0 Å². The summed E-state index contributed by atoms with van der Waals surface area (Å²) in [4.78, 5) is 42.8. The molecule has 2 aliphatic heterocycles. The van der Waals surface area contributed by atoms with Crippen LogP contribution in [0.1, 0.15) is 5.69 Å². The molecule has 5 rings (SSSR count). The number of nitrogens with zero attached hydrogens (tertiary/aromatic N) is 3. The molecule has 1 aromatic heterocycles. The molecular weight excluding hydrogens is 464 g/mol. The molecule has 0 saturated carbocycles. The summed E-state index contributed by atoms with van der Waals surface area (Å²) in [5, 5.41) is 11.0. The molecule has 0 unspecified atom stereocenters. The lowest BCUT2D eigenvalue weighted by Gasteiger charge is -2.32. The zero-order valence-electron chi connectivity index (χ0n) is 18.9. The maximum atomic E-state index is 13.0. The number of carbonyl (C=O) groups excluding carboxylic acids is 3. The van der Waals surface area contributed by atoms with E-state index in [2.05, 4.69) is 12.1 Å². The Balaban J connectivity index is 1.24.